The Hall–Kier alpha value is 1.04. The third kappa shape index (κ3) is 2.63. The first kappa shape index (κ1) is 8.14. The van der Waals surface area contributed by atoms with Gasteiger partial charge < -0.3 is 4.55 Å². The van der Waals surface area contributed by atoms with Gasteiger partial charge in [0.15, 0.2) is 0 Å². The van der Waals surface area contributed by atoms with Gasteiger partial charge in [0.05, 0.1) is 0 Å². The van der Waals surface area contributed by atoms with Gasteiger partial charge in [0.25, 0.3) is 0 Å². The Morgan fingerprint density at radius 3 is 2.11 bits per heavy atom. The Morgan fingerprint density at radius 1 is 1.22 bits per heavy atom. The standard InChI is InChI=1S/C6H11IOS/c7-9(8)6-4-2-1-3-5-6/h6H,1-5H2. The summed E-state index contributed by atoms with van der Waals surface area (Å²) in [6, 6.07) is 0. The summed E-state index contributed by atoms with van der Waals surface area (Å²) < 4.78 is 10.9. The highest BCUT2D eigenvalue weighted by Gasteiger charge is 2.22. The molecular formula is C6H11IOS. The second-order valence-corrected chi connectivity index (χ2v) is 6.28. The van der Waals surface area contributed by atoms with E-state index in [0.717, 1.165) is 0 Å². The summed E-state index contributed by atoms with van der Waals surface area (Å²) in [6.45, 7) is 0. The monoisotopic (exact) mass is 258 g/mol. The lowest BCUT2D eigenvalue weighted by Crippen LogP contribution is -2.18. The van der Waals surface area contributed by atoms with Gasteiger partial charge in [-0.1, -0.05) is 6.42 Å². The molecule has 0 radical (unpaired) electrons. The van der Waals surface area contributed by atoms with E-state index in [1.165, 1.54) is 32.1 Å². The maximum absolute atomic E-state index is 10.9. The van der Waals surface area contributed by atoms with Crippen LogP contribution in [-0.2, 0) is 8.35 Å². The summed E-state index contributed by atoms with van der Waals surface area (Å²) in [4.78, 5) is 0. The lowest BCUT2D eigenvalue weighted by molar-refractivity contribution is 0.491. The molecule has 0 N–H and O–H groups in total. The fourth-order valence-corrected chi connectivity index (χ4v) is 3.48. The van der Waals surface area contributed by atoms with Crippen LogP contribution in [-0.4, -0.2) is 9.80 Å². The van der Waals surface area contributed by atoms with Crippen LogP contribution in [0.2, 0.25) is 0 Å². The van der Waals surface area contributed by atoms with E-state index in [9.17, 15) is 4.55 Å². The van der Waals surface area contributed by atoms with Crippen molar-refractivity contribution in [2.75, 3.05) is 0 Å². The van der Waals surface area contributed by atoms with Crippen LogP contribution in [0.3, 0.4) is 0 Å². The number of halogens is 1. The van der Waals surface area contributed by atoms with Crippen LogP contribution in [0.5, 0.6) is 0 Å². The topological polar surface area (TPSA) is 23.1 Å². The van der Waals surface area contributed by atoms with Gasteiger partial charge in [0, 0.05) is 8.35 Å². The van der Waals surface area contributed by atoms with E-state index < -0.39 is 8.35 Å². The molecule has 0 aromatic carbocycles. The first-order valence-corrected chi connectivity index (χ1v) is 7.13. The average molecular weight is 258 g/mol. The lowest BCUT2D eigenvalue weighted by atomic mass is 10.0. The summed E-state index contributed by atoms with van der Waals surface area (Å²) in [7, 11) is -0.582. The molecule has 0 bridgehead atoms. The Balaban J connectivity index is 2.23. The minimum atomic E-state index is -0.582. The van der Waals surface area contributed by atoms with E-state index in [4.69, 9.17) is 0 Å². The molecular weight excluding hydrogens is 247 g/mol. The molecule has 0 amide bonds. The Kier molecular flexibility index (Phi) is 3.65. The van der Waals surface area contributed by atoms with Crippen molar-refractivity contribution in [3.63, 3.8) is 0 Å². The van der Waals surface area contributed by atoms with Gasteiger partial charge in [0.2, 0.25) is 21.2 Å². The minimum absolute atomic E-state index is 0.513. The number of hydrogen-bond acceptors (Lipinski definition) is 1. The molecule has 1 unspecified atom stereocenters. The smallest absolute Gasteiger partial charge is 0.248 e. The van der Waals surface area contributed by atoms with Gasteiger partial charge in [-0.15, -0.1) is 0 Å². The molecule has 1 nitrogen and oxygen atoms in total. The SMILES string of the molecule is [O-][S+](I)C1CCCCC1. The van der Waals surface area contributed by atoms with Crippen molar-refractivity contribution < 1.29 is 4.55 Å². The van der Waals surface area contributed by atoms with Crippen LogP contribution in [0.25, 0.3) is 0 Å². The largest absolute Gasteiger partial charge is 0.608 e. The maximum Gasteiger partial charge on any atom is 0.248 e. The van der Waals surface area contributed by atoms with Gasteiger partial charge in [-0.2, -0.15) is 0 Å². The first-order valence-electron chi connectivity index (χ1n) is 3.37. The molecule has 3 heteroatoms. The average Bonchev–Trinajstić information content (AvgIpc) is 1.90. The zero-order chi connectivity index (χ0) is 6.69. The molecule has 1 atom stereocenters. The summed E-state index contributed by atoms with van der Waals surface area (Å²) in [5.41, 5.74) is 0. The molecule has 0 aliphatic heterocycles. The predicted molar refractivity (Wildman–Crippen MR) is 49.0 cm³/mol. The summed E-state index contributed by atoms with van der Waals surface area (Å²) >= 11 is 2.03. The second kappa shape index (κ2) is 4.03. The van der Waals surface area contributed by atoms with Crippen molar-refractivity contribution in [3.8, 4) is 0 Å². The number of hydrogen-bond donors (Lipinski definition) is 0. The molecule has 1 aliphatic carbocycles. The summed E-state index contributed by atoms with van der Waals surface area (Å²) in [5.74, 6) is 0. The summed E-state index contributed by atoms with van der Waals surface area (Å²) in [5, 5.41) is 0.513. The Morgan fingerprint density at radius 2 is 1.78 bits per heavy atom. The summed E-state index contributed by atoms with van der Waals surface area (Å²) in [6.07, 6.45) is 6.31. The van der Waals surface area contributed by atoms with Crippen LogP contribution in [0, 0.1) is 0 Å². The molecule has 1 fully saturated rings. The van der Waals surface area contributed by atoms with Gasteiger partial charge in [-0.3, -0.25) is 0 Å². The molecule has 0 spiro atoms. The fraction of sp³-hybridized carbons (Fsp3) is 1.00. The van der Waals surface area contributed by atoms with Crippen LogP contribution in [0.1, 0.15) is 32.1 Å². The van der Waals surface area contributed by atoms with E-state index in [1.807, 2.05) is 21.2 Å². The molecule has 1 aliphatic rings. The highest BCUT2D eigenvalue weighted by Crippen LogP contribution is 2.26. The van der Waals surface area contributed by atoms with E-state index in [0.29, 0.717) is 5.25 Å². The lowest BCUT2D eigenvalue weighted by Gasteiger charge is -2.19. The normalized spacial score (nSPS) is 26.0. The minimum Gasteiger partial charge on any atom is -0.608 e. The second-order valence-electron chi connectivity index (χ2n) is 2.51. The van der Waals surface area contributed by atoms with Crippen LogP contribution in [0.4, 0.5) is 0 Å². The van der Waals surface area contributed by atoms with Gasteiger partial charge in [0.1, 0.15) is 5.25 Å². The predicted octanol–water partition coefficient (Wildman–Crippen LogP) is 2.42. The van der Waals surface area contributed by atoms with Crippen molar-refractivity contribution in [2.24, 2.45) is 0 Å². The maximum atomic E-state index is 10.9. The van der Waals surface area contributed by atoms with Crippen molar-refractivity contribution in [1.82, 2.24) is 0 Å². The van der Waals surface area contributed by atoms with E-state index in [1.54, 1.807) is 0 Å². The first-order chi connectivity index (χ1) is 4.30. The third-order valence-corrected chi connectivity index (χ3v) is 4.97. The quantitative estimate of drug-likeness (QED) is 0.523. The molecule has 1 saturated carbocycles. The van der Waals surface area contributed by atoms with Crippen molar-refractivity contribution in [3.05, 3.63) is 0 Å². The van der Waals surface area contributed by atoms with E-state index in [2.05, 4.69) is 0 Å². The number of rotatable bonds is 1. The molecule has 0 saturated heterocycles. The van der Waals surface area contributed by atoms with Gasteiger partial charge >= 0.3 is 0 Å². The van der Waals surface area contributed by atoms with Crippen molar-refractivity contribution in [1.29, 1.82) is 0 Å². The molecule has 0 heterocycles. The zero-order valence-electron chi connectivity index (χ0n) is 5.31. The fourth-order valence-electron chi connectivity index (χ4n) is 1.25. The Bertz CT molecular complexity index is 81.1. The van der Waals surface area contributed by atoms with Crippen LogP contribution < -0.4 is 0 Å². The molecule has 0 aromatic rings. The van der Waals surface area contributed by atoms with Gasteiger partial charge in [-0.25, -0.2) is 0 Å². The van der Waals surface area contributed by atoms with Crippen LogP contribution >= 0.6 is 21.2 Å². The van der Waals surface area contributed by atoms with E-state index >= 15 is 0 Å². The zero-order valence-corrected chi connectivity index (χ0v) is 8.28. The van der Waals surface area contributed by atoms with Crippen molar-refractivity contribution >= 4 is 29.6 Å². The molecule has 54 valence electrons. The Labute approximate surface area is 71.4 Å². The van der Waals surface area contributed by atoms with E-state index in [-0.39, 0.29) is 0 Å². The third-order valence-electron chi connectivity index (χ3n) is 1.81. The van der Waals surface area contributed by atoms with Crippen LogP contribution in [0.15, 0.2) is 0 Å². The molecule has 1 rings (SSSR count). The van der Waals surface area contributed by atoms with Gasteiger partial charge in [-0.05, 0) is 25.7 Å². The highest BCUT2D eigenvalue weighted by atomic mass is 127. The molecule has 0 aromatic heterocycles. The van der Waals surface area contributed by atoms with Crippen molar-refractivity contribution in [2.45, 2.75) is 37.4 Å². The molecule has 9 heavy (non-hydrogen) atoms. The highest BCUT2D eigenvalue weighted by molar-refractivity contribution is 14.2.